The Hall–Kier alpha value is -4.67. The first-order valence-corrected chi connectivity index (χ1v) is 12.7. The minimum absolute atomic E-state index is 0.0341. The van der Waals surface area contributed by atoms with Crippen molar-refractivity contribution in [3.63, 3.8) is 0 Å². The van der Waals surface area contributed by atoms with Gasteiger partial charge in [-0.25, -0.2) is 4.98 Å². The van der Waals surface area contributed by atoms with Gasteiger partial charge in [0.2, 0.25) is 5.91 Å². The van der Waals surface area contributed by atoms with Gasteiger partial charge in [0.15, 0.2) is 5.82 Å². The Balaban J connectivity index is 1.97. The SMILES string of the molecule is CNc1cc(C(=O)NC(C)C)cc(-c2cnc(NC(C)C)c(=O)n2CC(=O)NCc2ccc(C(=N)N)cc2)c1. The molecule has 0 aliphatic rings. The monoisotopic (exact) mass is 532 g/mol. The zero-order valence-corrected chi connectivity index (χ0v) is 22.9. The van der Waals surface area contributed by atoms with Gasteiger partial charge in [0.25, 0.3) is 11.5 Å². The van der Waals surface area contributed by atoms with Gasteiger partial charge in [-0.1, -0.05) is 24.3 Å². The van der Waals surface area contributed by atoms with E-state index in [2.05, 4.69) is 26.3 Å². The lowest BCUT2D eigenvalue weighted by Gasteiger charge is -2.18. The van der Waals surface area contributed by atoms with E-state index in [1.54, 1.807) is 49.5 Å². The van der Waals surface area contributed by atoms with Crippen LogP contribution >= 0.6 is 0 Å². The van der Waals surface area contributed by atoms with Crippen LogP contribution in [0.25, 0.3) is 11.3 Å². The number of hydrogen-bond acceptors (Lipinski definition) is 7. The molecule has 7 N–H and O–H groups in total. The van der Waals surface area contributed by atoms with Crippen molar-refractivity contribution < 1.29 is 9.59 Å². The number of anilines is 2. The van der Waals surface area contributed by atoms with Crippen LogP contribution in [0.5, 0.6) is 0 Å². The predicted molar refractivity (Wildman–Crippen MR) is 154 cm³/mol. The molecule has 2 aromatic carbocycles. The lowest BCUT2D eigenvalue weighted by Crippen LogP contribution is -2.35. The summed E-state index contributed by atoms with van der Waals surface area (Å²) in [6, 6.07) is 12.1. The second-order valence-electron chi connectivity index (χ2n) is 9.75. The third-order valence-corrected chi connectivity index (χ3v) is 5.74. The molecule has 1 aromatic heterocycles. The average molecular weight is 533 g/mol. The Kier molecular flexibility index (Phi) is 9.43. The smallest absolute Gasteiger partial charge is 0.294 e. The van der Waals surface area contributed by atoms with Gasteiger partial charge < -0.3 is 27.0 Å². The van der Waals surface area contributed by atoms with Gasteiger partial charge in [0.05, 0.1) is 11.9 Å². The molecule has 2 amide bonds. The van der Waals surface area contributed by atoms with Crippen LogP contribution in [-0.2, 0) is 17.9 Å². The first-order valence-electron chi connectivity index (χ1n) is 12.7. The van der Waals surface area contributed by atoms with Gasteiger partial charge in [0, 0.05) is 48.1 Å². The molecule has 206 valence electrons. The number of aromatic nitrogens is 2. The molecule has 3 aromatic rings. The number of nitrogens with two attached hydrogens (primary N) is 1. The number of amidine groups is 1. The quantitative estimate of drug-likeness (QED) is 0.163. The molecule has 1 heterocycles. The zero-order chi connectivity index (χ0) is 28.7. The second kappa shape index (κ2) is 12.7. The van der Waals surface area contributed by atoms with Crippen LogP contribution in [0.1, 0.15) is 49.2 Å². The highest BCUT2D eigenvalue weighted by Gasteiger charge is 2.18. The largest absolute Gasteiger partial charge is 0.388 e. The molecular weight excluding hydrogens is 496 g/mol. The fourth-order valence-electron chi connectivity index (χ4n) is 3.85. The number of carbonyl (C=O) groups is 2. The molecule has 0 atom stereocenters. The predicted octanol–water partition coefficient (Wildman–Crippen LogP) is 2.51. The number of hydrogen-bond donors (Lipinski definition) is 6. The highest BCUT2D eigenvalue weighted by Crippen LogP contribution is 2.25. The van der Waals surface area contributed by atoms with Gasteiger partial charge >= 0.3 is 0 Å². The van der Waals surface area contributed by atoms with Crippen molar-refractivity contribution in [2.45, 2.75) is 52.9 Å². The average Bonchev–Trinajstić information content (AvgIpc) is 2.89. The summed E-state index contributed by atoms with van der Waals surface area (Å²) in [6.07, 6.45) is 1.53. The first kappa shape index (κ1) is 28.9. The molecule has 0 fully saturated rings. The maximum atomic E-state index is 13.5. The summed E-state index contributed by atoms with van der Waals surface area (Å²) in [7, 11) is 1.74. The molecule has 0 aliphatic heterocycles. The fraction of sp³-hybridized carbons (Fsp3) is 0.321. The van der Waals surface area contributed by atoms with Crippen LogP contribution in [0.4, 0.5) is 11.5 Å². The molecule has 0 unspecified atom stereocenters. The maximum Gasteiger partial charge on any atom is 0.294 e. The van der Waals surface area contributed by atoms with E-state index in [-0.39, 0.29) is 48.6 Å². The summed E-state index contributed by atoms with van der Waals surface area (Å²) in [4.78, 5) is 43.6. The van der Waals surface area contributed by atoms with Crippen LogP contribution < -0.4 is 32.6 Å². The minimum Gasteiger partial charge on any atom is -0.388 e. The van der Waals surface area contributed by atoms with E-state index in [0.29, 0.717) is 28.1 Å². The number of rotatable bonds is 11. The number of nitrogens with one attached hydrogen (secondary N) is 5. The van der Waals surface area contributed by atoms with E-state index in [1.807, 2.05) is 27.7 Å². The summed E-state index contributed by atoms with van der Waals surface area (Å²) < 4.78 is 1.35. The molecule has 0 bridgehead atoms. The number of nitrogen functional groups attached to an aromatic ring is 1. The Bertz CT molecular complexity index is 1410. The van der Waals surface area contributed by atoms with E-state index in [4.69, 9.17) is 11.1 Å². The Morgan fingerprint density at radius 2 is 1.72 bits per heavy atom. The molecule has 0 saturated carbocycles. The third-order valence-electron chi connectivity index (χ3n) is 5.74. The zero-order valence-electron chi connectivity index (χ0n) is 22.9. The number of carbonyl (C=O) groups excluding carboxylic acids is 2. The maximum absolute atomic E-state index is 13.5. The van der Waals surface area contributed by atoms with Crippen molar-refractivity contribution >= 4 is 29.2 Å². The number of amides is 2. The topological polar surface area (TPSA) is 167 Å². The van der Waals surface area contributed by atoms with E-state index in [9.17, 15) is 14.4 Å². The van der Waals surface area contributed by atoms with E-state index in [1.165, 1.54) is 10.8 Å². The second-order valence-corrected chi connectivity index (χ2v) is 9.75. The summed E-state index contributed by atoms with van der Waals surface area (Å²) in [6.45, 7) is 7.50. The van der Waals surface area contributed by atoms with Crippen LogP contribution in [0.2, 0.25) is 0 Å². The van der Waals surface area contributed by atoms with Gasteiger partial charge in [-0.15, -0.1) is 0 Å². The van der Waals surface area contributed by atoms with E-state index >= 15 is 0 Å². The van der Waals surface area contributed by atoms with Crippen LogP contribution in [0.15, 0.2) is 53.5 Å². The van der Waals surface area contributed by atoms with E-state index in [0.717, 1.165) is 5.56 Å². The molecule has 39 heavy (non-hydrogen) atoms. The van der Waals surface area contributed by atoms with Gasteiger partial charge in [0.1, 0.15) is 12.4 Å². The first-order chi connectivity index (χ1) is 18.5. The van der Waals surface area contributed by atoms with E-state index < -0.39 is 5.56 Å². The van der Waals surface area contributed by atoms with Crippen molar-refractivity contribution in [3.8, 4) is 11.3 Å². The molecule has 0 spiro atoms. The molecule has 11 heteroatoms. The summed E-state index contributed by atoms with van der Waals surface area (Å²) in [5.41, 5.74) is 8.49. The standard InChI is InChI=1S/C28H36N8O3/c1-16(2)34-26-28(39)36(15-24(37)32-13-18-6-8-19(9-7-18)25(29)30)23(14-33-26)20-10-21(12-22(11-20)31-5)27(38)35-17(3)4/h6-12,14,16-17,31H,13,15H2,1-5H3,(H3,29,30)(H,32,37)(H,33,34)(H,35,38). The van der Waals surface area contributed by atoms with Crippen molar-refractivity contribution in [1.29, 1.82) is 5.41 Å². The summed E-state index contributed by atoms with van der Waals surface area (Å²) >= 11 is 0. The van der Waals surface area contributed by atoms with Gasteiger partial charge in [-0.2, -0.15) is 0 Å². The summed E-state index contributed by atoms with van der Waals surface area (Å²) in [5, 5.41) is 19.3. The lowest BCUT2D eigenvalue weighted by molar-refractivity contribution is -0.121. The fourth-order valence-corrected chi connectivity index (χ4v) is 3.85. The van der Waals surface area contributed by atoms with Gasteiger partial charge in [-0.3, -0.25) is 24.4 Å². The van der Waals surface area contributed by atoms with Crippen molar-refractivity contribution in [2.75, 3.05) is 17.7 Å². The van der Waals surface area contributed by atoms with Crippen molar-refractivity contribution in [3.05, 3.63) is 75.7 Å². The van der Waals surface area contributed by atoms with Crippen molar-refractivity contribution in [2.24, 2.45) is 5.73 Å². The Labute approximate surface area is 227 Å². The molecule has 3 rings (SSSR count). The normalized spacial score (nSPS) is 10.8. The van der Waals surface area contributed by atoms with Crippen LogP contribution in [0.3, 0.4) is 0 Å². The Morgan fingerprint density at radius 1 is 1.03 bits per heavy atom. The third kappa shape index (κ3) is 7.67. The molecular formula is C28H36N8O3. The lowest BCUT2D eigenvalue weighted by atomic mass is 10.1. The van der Waals surface area contributed by atoms with Gasteiger partial charge in [-0.05, 0) is 51.5 Å². The van der Waals surface area contributed by atoms with Crippen LogP contribution in [-0.4, -0.2) is 46.3 Å². The van der Waals surface area contributed by atoms with Crippen LogP contribution in [0, 0.1) is 5.41 Å². The molecule has 0 saturated heterocycles. The minimum atomic E-state index is -0.454. The Morgan fingerprint density at radius 3 is 2.31 bits per heavy atom. The number of nitrogens with zero attached hydrogens (tertiary/aromatic N) is 2. The molecule has 0 radical (unpaired) electrons. The molecule has 0 aliphatic carbocycles. The van der Waals surface area contributed by atoms with Crippen molar-refractivity contribution in [1.82, 2.24) is 20.2 Å². The summed E-state index contributed by atoms with van der Waals surface area (Å²) in [5.74, 6) is -0.535. The highest BCUT2D eigenvalue weighted by atomic mass is 16.2. The number of benzene rings is 2. The highest BCUT2D eigenvalue weighted by molar-refractivity contribution is 5.97. The molecule has 11 nitrogen and oxygen atoms in total.